The molecule has 0 aliphatic carbocycles. The summed E-state index contributed by atoms with van der Waals surface area (Å²) in [6.07, 6.45) is 3.47. The zero-order valence-electron chi connectivity index (χ0n) is 16.0. The summed E-state index contributed by atoms with van der Waals surface area (Å²) in [5, 5.41) is 0. The Labute approximate surface area is 160 Å². The molecule has 1 saturated heterocycles. The highest BCUT2D eigenvalue weighted by atomic mass is 16.5. The Balaban J connectivity index is 1.66. The smallest absolute Gasteiger partial charge is 0.246 e. The van der Waals surface area contributed by atoms with E-state index in [-0.39, 0.29) is 5.91 Å². The van der Waals surface area contributed by atoms with Crippen molar-refractivity contribution in [3.63, 3.8) is 0 Å². The van der Waals surface area contributed by atoms with Crippen molar-refractivity contribution in [1.29, 1.82) is 0 Å². The highest BCUT2D eigenvalue weighted by Crippen LogP contribution is 2.30. The molecule has 1 aliphatic heterocycles. The molecule has 0 saturated carbocycles. The Morgan fingerprint density at radius 2 is 1.85 bits per heavy atom. The van der Waals surface area contributed by atoms with Gasteiger partial charge in [-0.15, -0.1) is 0 Å². The number of aromatic nitrogens is 1. The van der Waals surface area contributed by atoms with Crippen LogP contribution >= 0.6 is 0 Å². The van der Waals surface area contributed by atoms with Crippen molar-refractivity contribution in [3.8, 4) is 11.5 Å². The van der Waals surface area contributed by atoms with Gasteiger partial charge in [0.2, 0.25) is 5.91 Å². The summed E-state index contributed by atoms with van der Waals surface area (Å²) in [5.74, 6) is 2.39. The first-order valence-electron chi connectivity index (χ1n) is 8.98. The number of hydrogen-bond donors (Lipinski definition) is 0. The Morgan fingerprint density at radius 3 is 2.48 bits per heavy atom. The Hall–Kier alpha value is -3.02. The number of ether oxygens (including phenoxy) is 2. The molecule has 1 aromatic heterocycles. The van der Waals surface area contributed by atoms with Gasteiger partial charge in [0.05, 0.1) is 14.2 Å². The molecule has 1 amide bonds. The quantitative estimate of drug-likeness (QED) is 0.761. The number of benzene rings is 1. The molecule has 6 nitrogen and oxygen atoms in total. The highest BCUT2D eigenvalue weighted by molar-refractivity contribution is 5.95. The van der Waals surface area contributed by atoms with Crippen molar-refractivity contribution < 1.29 is 14.3 Å². The van der Waals surface area contributed by atoms with E-state index in [0.717, 1.165) is 35.8 Å². The molecular formula is C21H25N3O3. The number of rotatable bonds is 5. The van der Waals surface area contributed by atoms with Crippen molar-refractivity contribution in [2.75, 3.05) is 45.3 Å². The predicted octanol–water partition coefficient (Wildman–Crippen LogP) is 2.85. The third kappa shape index (κ3) is 4.39. The van der Waals surface area contributed by atoms with Gasteiger partial charge < -0.3 is 19.3 Å². The Morgan fingerprint density at radius 1 is 1.07 bits per heavy atom. The van der Waals surface area contributed by atoms with Crippen LogP contribution < -0.4 is 14.4 Å². The SMILES string of the molecule is COc1ccc(/C(C)=C/C(=O)N2CCN(c3ccccn3)CC2)c(OC)c1. The molecule has 1 fully saturated rings. The monoisotopic (exact) mass is 367 g/mol. The number of carbonyl (C=O) groups excluding carboxylic acids is 1. The van der Waals surface area contributed by atoms with Gasteiger partial charge in [0.1, 0.15) is 17.3 Å². The number of amides is 1. The molecule has 0 unspecified atom stereocenters. The van der Waals surface area contributed by atoms with Crippen LogP contribution in [0.3, 0.4) is 0 Å². The summed E-state index contributed by atoms with van der Waals surface area (Å²) >= 11 is 0. The Kier molecular flexibility index (Phi) is 5.96. The number of piperazine rings is 1. The van der Waals surface area contributed by atoms with Gasteiger partial charge >= 0.3 is 0 Å². The zero-order chi connectivity index (χ0) is 19.2. The summed E-state index contributed by atoms with van der Waals surface area (Å²) in [4.78, 5) is 21.2. The molecule has 2 heterocycles. The van der Waals surface area contributed by atoms with Gasteiger partial charge in [-0.3, -0.25) is 4.79 Å². The molecule has 1 aliphatic rings. The van der Waals surface area contributed by atoms with Gasteiger partial charge in [0.25, 0.3) is 0 Å². The molecule has 1 aromatic carbocycles. The summed E-state index contributed by atoms with van der Waals surface area (Å²) in [6, 6.07) is 11.5. The first kappa shape index (κ1) is 18.8. The minimum Gasteiger partial charge on any atom is -0.497 e. The van der Waals surface area contributed by atoms with E-state index in [0.29, 0.717) is 18.8 Å². The minimum atomic E-state index is 0.0195. The first-order chi connectivity index (χ1) is 13.1. The van der Waals surface area contributed by atoms with Crippen LogP contribution in [0.5, 0.6) is 11.5 Å². The average molecular weight is 367 g/mol. The molecule has 0 N–H and O–H groups in total. The third-order valence-electron chi connectivity index (χ3n) is 4.74. The summed E-state index contributed by atoms with van der Waals surface area (Å²) < 4.78 is 10.7. The molecule has 6 heteroatoms. The lowest BCUT2D eigenvalue weighted by atomic mass is 10.1. The van der Waals surface area contributed by atoms with Crippen LogP contribution in [0.25, 0.3) is 5.57 Å². The molecule has 0 spiro atoms. The van der Waals surface area contributed by atoms with Crippen molar-refractivity contribution in [3.05, 3.63) is 54.2 Å². The van der Waals surface area contributed by atoms with Crippen molar-refractivity contribution in [2.45, 2.75) is 6.92 Å². The van der Waals surface area contributed by atoms with Gasteiger partial charge in [0.15, 0.2) is 0 Å². The van der Waals surface area contributed by atoms with E-state index in [1.165, 1.54) is 0 Å². The number of hydrogen-bond acceptors (Lipinski definition) is 5. The van der Waals surface area contributed by atoms with Crippen LogP contribution in [0.4, 0.5) is 5.82 Å². The molecule has 27 heavy (non-hydrogen) atoms. The topological polar surface area (TPSA) is 54.9 Å². The summed E-state index contributed by atoms with van der Waals surface area (Å²) in [7, 11) is 3.23. The van der Waals surface area contributed by atoms with Crippen molar-refractivity contribution in [1.82, 2.24) is 9.88 Å². The van der Waals surface area contributed by atoms with E-state index in [1.54, 1.807) is 26.5 Å². The van der Waals surface area contributed by atoms with E-state index in [4.69, 9.17) is 9.47 Å². The second kappa shape index (κ2) is 8.58. The lowest BCUT2D eigenvalue weighted by Gasteiger charge is -2.35. The number of pyridine rings is 1. The fourth-order valence-corrected chi connectivity index (χ4v) is 3.18. The number of anilines is 1. The predicted molar refractivity (Wildman–Crippen MR) is 106 cm³/mol. The van der Waals surface area contributed by atoms with E-state index in [1.807, 2.05) is 48.2 Å². The highest BCUT2D eigenvalue weighted by Gasteiger charge is 2.21. The lowest BCUT2D eigenvalue weighted by molar-refractivity contribution is -0.126. The normalized spacial score (nSPS) is 14.9. The Bertz CT molecular complexity index is 813. The van der Waals surface area contributed by atoms with Crippen LogP contribution in [0.15, 0.2) is 48.7 Å². The minimum absolute atomic E-state index is 0.0195. The van der Waals surface area contributed by atoms with Crippen LogP contribution in [0.1, 0.15) is 12.5 Å². The molecular weight excluding hydrogens is 342 g/mol. The van der Waals surface area contributed by atoms with Gasteiger partial charge in [-0.05, 0) is 36.8 Å². The maximum atomic E-state index is 12.7. The number of allylic oxidation sites excluding steroid dienone is 1. The molecule has 142 valence electrons. The number of methoxy groups -OCH3 is 2. The van der Waals surface area contributed by atoms with Gasteiger partial charge in [-0.1, -0.05) is 6.07 Å². The summed E-state index contributed by atoms with van der Waals surface area (Å²) in [6.45, 7) is 4.84. The average Bonchev–Trinajstić information content (AvgIpc) is 2.73. The second-order valence-corrected chi connectivity index (χ2v) is 6.39. The summed E-state index contributed by atoms with van der Waals surface area (Å²) in [5.41, 5.74) is 1.76. The zero-order valence-corrected chi connectivity index (χ0v) is 16.0. The fourth-order valence-electron chi connectivity index (χ4n) is 3.18. The van der Waals surface area contributed by atoms with Crippen LogP contribution in [0, 0.1) is 0 Å². The molecule has 3 rings (SSSR count). The maximum absolute atomic E-state index is 12.7. The molecule has 0 atom stereocenters. The maximum Gasteiger partial charge on any atom is 0.246 e. The van der Waals surface area contributed by atoms with E-state index in [2.05, 4.69) is 9.88 Å². The van der Waals surface area contributed by atoms with Crippen LogP contribution in [-0.2, 0) is 4.79 Å². The number of nitrogens with zero attached hydrogens (tertiary/aromatic N) is 3. The molecule has 0 bridgehead atoms. The standard InChI is InChI=1S/C21H25N3O3/c1-16(18-8-7-17(26-2)15-19(18)27-3)14-21(25)24-12-10-23(11-13-24)20-6-4-5-9-22-20/h4-9,14-15H,10-13H2,1-3H3/b16-14+. The van der Waals surface area contributed by atoms with Gasteiger partial charge in [-0.2, -0.15) is 0 Å². The van der Waals surface area contributed by atoms with E-state index < -0.39 is 0 Å². The number of carbonyl (C=O) groups is 1. The largest absolute Gasteiger partial charge is 0.497 e. The van der Waals surface area contributed by atoms with E-state index >= 15 is 0 Å². The molecule has 0 radical (unpaired) electrons. The van der Waals surface area contributed by atoms with Gasteiger partial charge in [-0.25, -0.2) is 4.98 Å². The van der Waals surface area contributed by atoms with Crippen LogP contribution in [-0.4, -0.2) is 56.2 Å². The van der Waals surface area contributed by atoms with Crippen LogP contribution in [0.2, 0.25) is 0 Å². The van der Waals surface area contributed by atoms with E-state index in [9.17, 15) is 4.79 Å². The third-order valence-corrected chi connectivity index (χ3v) is 4.74. The lowest BCUT2D eigenvalue weighted by Crippen LogP contribution is -2.48. The first-order valence-corrected chi connectivity index (χ1v) is 8.98. The van der Waals surface area contributed by atoms with Crippen molar-refractivity contribution in [2.24, 2.45) is 0 Å². The molecule has 2 aromatic rings. The second-order valence-electron chi connectivity index (χ2n) is 6.39. The fraction of sp³-hybridized carbons (Fsp3) is 0.333. The van der Waals surface area contributed by atoms with Gasteiger partial charge in [0, 0.05) is 50.1 Å². The van der Waals surface area contributed by atoms with Crippen molar-refractivity contribution >= 4 is 17.3 Å².